The molecule has 122 valence electrons. The molecule has 1 amide bonds. The Morgan fingerprint density at radius 3 is 2.26 bits per heavy atom. The molecule has 0 aliphatic heterocycles. The van der Waals surface area contributed by atoms with Crippen LogP contribution in [-0.2, 0) is 12.8 Å². The second-order valence-corrected chi connectivity index (χ2v) is 5.77. The second-order valence-electron chi connectivity index (χ2n) is 5.77. The first-order valence-electron chi connectivity index (χ1n) is 7.79. The van der Waals surface area contributed by atoms with E-state index < -0.39 is 5.54 Å². The molecule has 0 atom stereocenters. The van der Waals surface area contributed by atoms with Crippen LogP contribution in [0.5, 0.6) is 0 Å². The first kappa shape index (κ1) is 17.2. The van der Waals surface area contributed by atoms with Gasteiger partial charge in [-0.2, -0.15) is 0 Å². The van der Waals surface area contributed by atoms with E-state index in [2.05, 4.69) is 5.32 Å². The number of hydrogen-bond donors (Lipinski definition) is 3. The number of nitrogens with one attached hydrogen (secondary N) is 1. The summed E-state index contributed by atoms with van der Waals surface area (Å²) in [6.07, 6.45) is 1.20. The summed E-state index contributed by atoms with van der Waals surface area (Å²) in [6, 6.07) is 16.9. The summed E-state index contributed by atoms with van der Waals surface area (Å²) in [7, 11) is 0. The maximum absolute atomic E-state index is 12.5. The highest BCUT2D eigenvalue weighted by molar-refractivity contribution is 5.94. The molecule has 23 heavy (non-hydrogen) atoms. The third kappa shape index (κ3) is 4.41. The number of carbonyl (C=O) groups is 1. The third-order valence-electron chi connectivity index (χ3n) is 3.97. The molecule has 0 aromatic heterocycles. The second kappa shape index (κ2) is 7.90. The van der Waals surface area contributed by atoms with Crippen LogP contribution in [0, 0.1) is 0 Å². The summed E-state index contributed by atoms with van der Waals surface area (Å²) >= 11 is 0. The summed E-state index contributed by atoms with van der Waals surface area (Å²) in [5, 5.41) is 22.3. The van der Waals surface area contributed by atoms with Gasteiger partial charge in [-0.1, -0.05) is 49.4 Å². The van der Waals surface area contributed by atoms with Crippen molar-refractivity contribution in [1.29, 1.82) is 0 Å². The van der Waals surface area contributed by atoms with Crippen molar-refractivity contribution in [2.24, 2.45) is 0 Å². The lowest BCUT2D eigenvalue weighted by Gasteiger charge is -2.31. The topological polar surface area (TPSA) is 69.6 Å². The largest absolute Gasteiger partial charge is 0.394 e. The van der Waals surface area contributed by atoms with E-state index >= 15 is 0 Å². The summed E-state index contributed by atoms with van der Waals surface area (Å²) in [5.41, 5.74) is 1.46. The summed E-state index contributed by atoms with van der Waals surface area (Å²) < 4.78 is 0. The fraction of sp³-hybridized carbons (Fsp3) is 0.316. The van der Waals surface area contributed by atoms with E-state index in [9.17, 15) is 15.0 Å². The van der Waals surface area contributed by atoms with Crippen molar-refractivity contribution in [3.8, 4) is 0 Å². The maximum Gasteiger partial charge on any atom is 0.251 e. The first-order valence-corrected chi connectivity index (χ1v) is 7.79. The van der Waals surface area contributed by atoms with E-state index in [1.54, 1.807) is 6.07 Å². The standard InChI is InChI=1S/C19H23NO3/c1-2-15-9-6-10-17(11-15)18(23)20-19(13-21,14-22)12-16-7-4-3-5-8-16/h3-11,21-22H,2,12-14H2,1H3,(H,20,23). The van der Waals surface area contributed by atoms with Crippen LogP contribution in [0.2, 0.25) is 0 Å². The van der Waals surface area contributed by atoms with Gasteiger partial charge in [-0.05, 0) is 29.7 Å². The van der Waals surface area contributed by atoms with Gasteiger partial charge in [0, 0.05) is 12.0 Å². The van der Waals surface area contributed by atoms with Crippen LogP contribution in [0.1, 0.15) is 28.4 Å². The lowest BCUT2D eigenvalue weighted by atomic mass is 9.91. The normalized spacial score (nSPS) is 11.3. The average molecular weight is 313 g/mol. The summed E-state index contributed by atoms with van der Waals surface area (Å²) in [5.74, 6) is -0.292. The smallest absolute Gasteiger partial charge is 0.251 e. The Kier molecular flexibility index (Phi) is 5.90. The monoisotopic (exact) mass is 313 g/mol. The van der Waals surface area contributed by atoms with Gasteiger partial charge in [0.2, 0.25) is 0 Å². The van der Waals surface area contributed by atoms with Crippen molar-refractivity contribution in [2.75, 3.05) is 13.2 Å². The quantitative estimate of drug-likeness (QED) is 0.732. The molecule has 3 N–H and O–H groups in total. The number of aliphatic hydroxyl groups excluding tert-OH is 2. The minimum absolute atomic E-state index is 0.292. The van der Waals surface area contributed by atoms with E-state index in [0.29, 0.717) is 12.0 Å². The number of aliphatic hydroxyl groups is 2. The molecule has 0 heterocycles. The van der Waals surface area contributed by atoms with Crippen molar-refractivity contribution >= 4 is 5.91 Å². The predicted octanol–water partition coefficient (Wildman–Crippen LogP) is 1.94. The molecule has 0 unspecified atom stereocenters. The molecule has 0 aliphatic carbocycles. The number of amides is 1. The van der Waals surface area contributed by atoms with Gasteiger partial charge in [0.15, 0.2) is 0 Å². The molecule has 2 aromatic rings. The zero-order valence-electron chi connectivity index (χ0n) is 13.3. The Bertz CT molecular complexity index is 636. The number of carbonyl (C=O) groups excluding carboxylic acids is 1. The Morgan fingerprint density at radius 1 is 1.00 bits per heavy atom. The fourth-order valence-electron chi connectivity index (χ4n) is 2.52. The number of aryl methyl sites for hydroxylation is 1. The SMILES string of the molecule is CCc1cccc(C(=O)NC(CO)(CO)Cc2ccccc2)c1. The Balaban J connectivity index is 2.19. The molecule has 0 radical (unpaired) electrons. The lowest BCUT2D eigenvalue weighted by Crippen LogP contribution is -2.55. The van der Waals surface area contributed by atoms with Crippen LogP contribution in [-0.4, -0.2) is 34.9 Å². The van der Waals surface area contributed by atoms with Crippen LogP contribution < -0.4 is 5.32 Å². The van der Waals surface area contributed by atoms with Gasteiger partial charge in [-0.25, -0.2) is 0 Å². The number of hydrogen-bond acceptors (Lipinski definition) is 3. The number of rotatable bonds is 7. The van der Waals surface area contributed by atoms with Gasteiger partial charge in [0.05, 0.1) is 18.8 Å². The van der Waals surface area contributed by atoms with Gasteiger partial charge >= 0.3 is 0 Å². The van der Waals surface area contributed by atoms with Gasteiger partial charge in [0.25, 0.3) is 5.91 Å². The van der Waals surface area contributed by atoms with E-state index in [1.165, 1.54) is 0 Å². The Labute approximate surface area is 136 Å². The minimum Gasteiger partial charge on any atom is -0.394 e. The number of benzene rings is 2. The van der Waals surface area contributed by atoms with Gasteiger partial charge in [-0.15, -0.1) is 0 Å². The molecule has 4 heteroatoms. The fourth-order valence-corrected chi connectivity index (χ4v) is 2.52. The van der Waals surface area contributed by atoms with Crippen molar-refractivity contribution in [1.82, 2.24) is 5.32 Å². The zero-order chi connectivity index (χ0) is 16.7. The van der Waals surface area contributed by atoms with E-state index in [0.717, 1.165) is 17.5 Å². The Hall–Kier alpha value is -2.17. The molecule has 0 saturated heterocycles. The Morgan fingerprint density at radius 2 is 1.65 bits per heavy atom. The molecule has 0 fully saturated rings. The molecular formula is C19H23NO3. The molecule has 0 bridgehead atoms. The average Bonchev–Trinajstić information content (AvgIpc) is 2.62. The van der Waals surface area contributed by atoms with Crippen molar-refractivity contribution in [3.05, 3.63) is 71.3 Å². The van der Waals surface area contributed by atoms with Crippen LogP contribution in [0.3, 0.4) is 0 Å². The minimum atomic E-state index is -1.08. The van der Waals surface area contributed by atoms with Crippen LogP contribution >= 0.6 is 0 Å². The lowest BCUT2D eigenvalue weighted by molar-refractivity contribution is 0.0667. The summed E-state index contributed by atoms with van der Waals surface area (Å²) in [6.45, 7) is 1.35. The molecular weight excluding hydrogens is 290 g/mol. The highest BCUT2D eigenvalue weighted by Crippen LogP contribution is 2.15. The molecule has 2 rings (SSSR count). The van der Waals surface area contributed by atoms with E-state index in [4.69, 9.17) is 0 Å². The molecule has 0 saturated carbocycles. The predicted molar refractivity (Wildman–Crippen MR) is 90.3 cm³/mol. The third-order valence-corrected chi connectivity index (χ3v) is 3.97. The van der Waals surface area contributed by atoms with E-state index in [-0.39, 0.29) is 19.1 Å². The zero-order valence-corrected chi connectivity index (χ0v) is 13.3. The molecule has 2 aromatic carbocycles. The van der Waals surface area contributed by atoms with Crippen molar-refractivity contribution < 1.29 is 15.0 Å². The van der Waals surface area contributed by atoms with Gasteiger partial charge < -0.3 is 15.5 Å². The van der Waals surface area contributed by atoms with Crippen molar-refractivity contribution in [2.45, 2.75) is 25.3 Å². The van der Waals surface area contributed by atoms with E-state index in [1.807, 2.05) is 55.5 Å². The highest BCUT2D eigenvalue weighted by atomic mass is 16.3. The highest BCUT2D eigenvalue weighted by Gasteiger charge is 2.31. The van der Waals surface area contributed by atoms with Crippen molar-refractivity contribution in [3.63, 3.8) is 0 Å². The maximum atomic E-state index is 12.5. The van der Waals surface area contributed by atoms with Gasteiger partial charge in [-0.3, -0.25) is 4.79 Å². The summed E-state index contributed by atoms with van der Waals surface area (Å²) in [4.78, 5) is 12.5. The molecule has 4 nitrogen and oxygen atoms in total. The molecule has 0 spiro atoms. The van der Waals surface area contributed by atoms with Crippen LogP contribution in [0.15, 0.2) is 54.6 Å². The molecule has 0 aliphatic rings. The van der Waals surface area contributed by atoms with Crippen LogP contribution in [0.4, 0.5) is 0 Å². The van der Waals surface area contributed by atoms with Gasteiger partial charge in [0.1, 0.15) is 0 Å². The first-order chi connectivity index (χ1) is 11.1. The van der Waals surface area contributed by atoms with Crippen LogP contribution in [0.25, 0.3) is 0 Å².